The predicted octanol–water partition coefficient (Wildman–Crippen LogP) is 3.87. The maximum absolute atomic E-state index is 12.4. The van der Waals surface area contributed by atoms with E-state index in [9.17, 15) is 4.79 Å². The summed E-state index contributed by atoms with van der Waals surface area (Å²) in [4.78, 5) is 16.8. The highest BCUT2D eigenvalue weighted by molar-refractivity contribution is 5.85. The lowest BCUT2D eigenvalue weighted by Crippen LogP contribution is -2.43. The van der Waals surface area contributed by atoms with Crippen molar-refractivity contribution in [3.63, 3.8) is 0 Å². The number of amides is 1. The molecule has 0 bridgehead atoms. The van der Waals surface area contributed by atoms with Gasteiger partial charge in [-0.1, -0.05) is 67.1 Å². The van der Waals surface area contributed by atoms with Crippen LogP contribution in [0.25, 0.3) is 0 Å². The highest BCUT2D eigenvalue weighted by Gasteiger charge is 2.16. The fraction of sp³-hybridized carbons (Fsp3) is 0.304. The molecule has 2 atom stereocenters. The summed E-state index contributed by atoms with van der Waals surface area (Å²) in [6.45, 7) is 5.49. The Morgan fingerprint density at radius 2 is 1.77 bits per heavy atom. The molecule has 3 aromatic rings. The van der Waals surface area contributed by atoms with Gasteiger partial charge >= 0.3 is 0 Å². The molecule has 0 aliphatic rings. The van der Waals surface area contributed by atoms with Crippen LogP contribution in [0.5, 0.6) is 0 Å². The van der Waals surface area contributed by atoms with Crippen LogP contribution in [-0.2, 0) is 17.8 Å². The normalized spacial score (nSPS) is 12.2. The summed E-state index contributed by atoms with van der Waals surface area (Å²) in [5.41, 5.74) is 10.6. The second-order valence-corrected chi connectivity index (χ2v) is 7.39. The number of halogens is 2. The SMILES string of the molecule is Cc1ccc(C(C)CNC(=O)[C@@H](N)Cc2cn(Cc3ccccc3)cn2)cc1.Cl.Cl. The summed E-state index contributed by atoms with van der Waals surface area (Å²) in [7, 11) is 0. The molecule has 1 unspecified atom stereocenters. The van der Waals surface area contributed by atoms with Crippen molar-refractivity contribution in [1.82, 2.24) is 14.9 Å². The van der Waals surface area contributed by atoms with E-state index in [1.807, 2.05) is 29.0 Å². The number of nitrogens with zero attached hydrogens (tertiary/aromatic N) is 2. The van der Waals surface area contributed by atoms with E-state index in [1.165, 1.54) is 16.7 Å². The van der Waals surface area contributed by atoms with Crippen molar-refractivity contribution in [2.75, 3.05) is 6.54 Å². The standard InChI is InChI=1S/C23H28N4O.2ClH/c1-17-8-10-20(11-9-17)18(2)13-25-23(28)22(24)12-21-15-27(16-26-21)14-19-6-4-3-5-7-19;;/h3-11,15-16,18,22H,12-14,24H2,1-2H3,(H,25,28);2*1H/t18?,22-;;/m0../s1. The molecule has 3 rings (SSSR count). The first-order valence-electron chi connectivity index (χ1n) is 9.65. The molecule has 1 amide bonds. The van der Waals surface area contributed by atoms with Gasteiger partial charge in [0.25, 0.3) is 0 Å². The number of hydrogen-bond acceptors (Lipinski definition) is 3. The third kappa shape index (κ3) is 7.48. The summed E-state index contributed by atoms with van der Waals surface area (Å²) < 4.78 is 2.01. The zero-order valence-electron chi connectivity index (χ0n) is 17.3. The molecule has 0 aliphatic heterocycles. The van der Waals surface area contributed by atoms with Crippen LogP contribution in [0.4, 0.5) is 0 Å². The second-order valence-electron chi connectivity index (χ2n) is 7.39. The van der Waals surface area contributed by atoms with Crippen LogP contribution in [0.15, 0.2) is 67.1 Å². The molecule has 3 N–H and O–H groups in total. The zero-order chi connectivity index (χ0) is 19.9. The van der Waals surface area contributed by atoms with E-state index < -0.39 is 6.04 Å². The lowest BCUT2D eigenvalue weighted by molar-refractivity contribution is -0.122. The Kier molecular flexibility index (Phi) is 10.6. The molecule has 0 aliphatic carbocycles. The second kappa shape index (κ2) is 12.4. The minimum Gasteiger partial charge on any atom is -0.354 e. The number of benzene rings is 2. The molecule has 162 valence electrons. The summed E-state index contributed by atoms with van der Waals surface area (Å²) in [5, 5.41) is 2.96. The Bertz CT molecular complexity index is 897. The van der Waals surface area contributed by atoms with Gasteiger partial charge in [-0.25, -0.2) is 4.98 Å². The molecular formula is C23H30Cl2N4O. The van der Waals surface area contributed by atoms with Crippen molar-refractivity contribution >= 4 is 30.7 Å². The molecule has 7 heteroatoms. The average Bonchev–Trinajstić information content (AvgIpc) is 3.13. The number of nitrogens with one attached hydrogen (secondary N) is 1. The van der Waals surface area contributed by atoms with Crippen molar-refractivity contribution < 1.29 is 4.79 Å². The van der Waals surface area contributed by atoms with E-state index in [4.69, 9.17) is 5.73 Å². The molecule has 30 heavy (non-hydrogen) atoms. The largest absolute Gasteiger partial charge is 0.354 e. The van der Waals surface area contributed by atoms with Crippen LogP contribution < -0.4 is 11.1 Å². The van der Waals surface area contributed by atoms with E-state index in [2.05, 4.69) is 60.5 Å². The summed E-state index contributed by atoms with van der Waals surface area (Å²) in [6, 6.07) is 18.0. The zero-order valence-corrected chi connectivity index (χ0v) is 19.0. The Morgan fingerprint density at radius 1 is 1.10 bits per heavy atom. The topological polar surface area (TPSA) is 72.9 Å². The lowest BCUT2D eigenvalue weighted by Gasteiger charge is -2.16. The molecule has 5 nitrogen and oxygen atoms in total. The fourth-order valence-corrected chi connectivity index (χ4v) is 3.11. The van der Waals surface area contributed by atoms with Crippen LogP contribution in [0, 0.1) is 6.92 Å². The number of hydrogen-bond donors (Lipinski definition) is 2. The van der Waals surface area contributed by atoms with Crippen molar-refractivity contribution in [3.05, 3.63) is 89.5 Å². The highest BCUT2D eigenvalue weighted by Crippen LogP contribution is 2.15. The van der Waals surface area contributed by atoms with E-state index in [0.717, 1.165) is 12.2 Å². The van der Waals surface area contributed by atoms with Gasteiger partial charge in [0.2, 0.25) is 5.91 Å². The molecule has 0 saturated heterocycles. The number of aryl methyl sites for hydroxylation is 1. The molecule has 1 aromatic heterocycles. The van der Waals surface area contributed by atoms with E-state index in [0.29, 0.717) is 13.0 Å². The molecular weight excluding hydrogens is 419 g/mol. The first kappa shape index (κ1) is 25.7. The fourth-order valence-electron chi connectivity index (χ4n) is 3.11. The van der Waals surface area contributed by atoms with Gasteiger partial charge in [0.05, 0.1) is 18.1 Å². The molecule has 0 saturated carbocycles. The number of aromatic nitrogens is 2. The van der Waals surface area contributed by atoms with Crippen LogP contribution in [0.3, 0.4) is 0 Å². The first-order valence-corrected chi connectivity index (χ1v) is 9.65. The van der Waals surface area contributed by atoms with Crippen molar-refractivity contribution in [1.29, 1.82) is 0 Å². The van der Waals surface area contributed by atoms with Gasteiger partial charge in [0, 0.05) is 25.7 Å². The van der Waals surface area contributed by atoms with Gasteiger partial charge < -0.3 is 15.6 Å². The maximum atomic E-state index is 12.4. The Hall–Kier alpha value is -2.34. The van der Waals surface area contributed by atoms with Crippen molar-refractivity contribution in [2.24, 2.45) is 5.73 Å². The Morgan fingerprint density at radius 3 is 2.43 bits per heavy atom. The smallest absolute Gasteiger partial charge is 0.237 e. The van der Waals surface area contributed by atoms with Crippen LogP contribution in [0.1, 0.15) is 35.2 Å². The molecule has 1 heterocycles. The molecule has 0 fully saturated rings. The van der Waals surface area contributed by atoms with E-state index in [1.54, 1.807) is 6.33 Å². The number of carbonyl (C=O) groups excluding carboxylic acids is 1. The Balaban J connectivity index is 0.00000225. The average molecular weight is 449 g/mol. The van der Waals surface area contributed by atoms with Gasteiger partial charge in [-0.05, 0) is 24.0 Å². The summed E-state index contributed by atoms with van der Waals surface area (Å²) >= 11 is 0. The quantitative estimate of drug-likeness (QED) is 0.548. The third-order valence-electron chi connectivity index (χ3n) is 4.89. The molecule has 2 aromatic carbocycles. The monoisotopic (exact) mass is 448 g/mol. The third-order valence-corrected chi connectivity index (χ3v) is 4.89. The van der Waals surface area contributed by atoms with Gasteiger partial charge in [-0.2, -0.15) is 0 Å². The van der Waals surface area contributed by atoms with Gasteiger partial charge in [-0.3, -0.25) is 4.79 Å². The first-order chi connectivity index (χ1) is 13.5. The van der Waals surface area contributed by atoms with Crippen molar-refractivity contribution in [2.45, 2.75) is 38.8 Å². The van der Waals surface area contributed by atoms with Crippen LogP contribution in [-0.4, -0.2) is 28.0 Å². The molecule has 0 spiro atoms. The van der Waals surface area contributed by atoms with Gasteiger partial charge in [0.1, 0.15) is 0 Å². The molecule has 0 radical (unpaired) electrons. The van der Waals surface area contributed by atoms with E-state index >= 15 is 0 Å². The van der Waals surface area contributed by atoms with Gasteiger partial charge in [-0.15, -0.1) is 24.8 Å². The summed E-state index contributed by atoms with van der Waals surface area (Å²) in [6.07, 6.45) is 4.16. The Labute approximate surface area is 190 Å². The minimum atomic E-state index is -0.606. The maximum Gasteiger partial charge on any atom is 0.237 e. The highest BCUT2D eigenvalue weighted by atomic mass is 35.5. The predicted molar refractivity (Wildman–Crippen MR) is 127 cm³/mol. The lowest BCUT2D eigenvalue weighted by atomic mass is 10.00. The van der Waals surface area contributed by atoms with Crippen molar-refractivity contribution in [3.8, 4) is 0 Å². The number of nitrogens with two attached hydrogens (primary N) is 1. The number of imidazole rings is 1. The summed E-state index contributed by atoms with van der Waals surface area (Å²) in [5.74, 6) is 0.0957. The van der Waals surface area contributed by atoms with Gasteiger partial charge in [0.15, 0.2) is 0 Å². The van der Waals surface area contributed by atoms with E-state index in [-0.39, 0.29) is 36.6 Å². The number of carbonyl (C=O) groups is 1. The van der Waals surface area contributed by atoms with Crippen LogP contribution >= 0.6 is 24.8 Å². The van der Waals surface area contributed by atoms with Crippen LogP contribution in [0.2, 0.25) is 0 Å². The number of rotatable bonds is 8. The minimum absolute atomic E-state index is 0.